The van der Waals surface area contributed by atoms with Crippen LogP contribution in [0.2, 0.25) is 0 Å². The number of fused-ring (bicyclic) bond motifs is 2. The Morgan fingerprint density at radius 2 is 2.07 bits per heavy atom. The lowest BCUT2D eigenvalue weighted by molar-refractivity contribution is -0.170. The third kappa shape index (κ3) is 3.15. The second-order valence-corrected chi connectivity index (χ2v) is 7.84. The van der Waals surface area contributed by atoms with Gasteiger partial charge in [-0.2, -0.15) is 0 Å². The SMILES string of the molecule is COC1(c2ccnc(C(N)=O)c2)C2CCCC1CN(Cc1cn(C)cn1)C2. The maximum Gasteiger partial charge on any atom is 0.267 e. The largest absolute Gasteiger partial charge is 0.373 e. The van der Waals surface area contributed by atoms with Crippen LogP contribution < -0.4 is 5.73 Å². The Morgan fingerprint density at radius 3 is 2.67 bits per heavy atom. The average molecular weight is 369 g/mol. The van der Waals surface area contributed by atoms with E-state index in [1.54, 1.807) is 13.3 Å². The molecule has 1 saturated carbocycles. The Morgan fingerprint density at radius 1 is 1.33 bits per heavy atom. The van der Waals surface area contributed by atoms with Gasteiger partial charge in [-0.3, -0.25) is 14.7 Å². The molecular formula is C20H27N5O2. The van der Waals surface area contributed by atoms with Crippen molar-refractivity contribution in [2.24, 2.45) is 24.6 Å². The van der Waals surface area contributed by atoms with Gasteiger partial charge >= 0.3 is 0 Å². The predicted molar refractivity (Wildman–Crippen MR) is 101 cm³/mol. The van der Waals surface area contributed by atoms with Gasteiger partial charge in [-0.05, 0) is 30.5 Å². The van der Waals surface area contributed by atoms with E-state index in [0.717, 1.165) is 43.7 Å². The highest BCUT2D eigenvalue weighted by Crippen LogP contribution is 2.51. The molecule has 2 aromatic heterocycles. The molecule has 2 atom stereocenters. The lowest BCUT2D eigenvalue weighted by atomic mass is 9.62. The molecule has 2 bridgehead atoms. The van der Waals surface area contributed by atoms with Gasteiger partial charge in [-0.1, -0.05) is 6.42 Å². The Bertz CT molecular complexity index is 819. The van der Waals surface area contributed by atoms with E-state index in [1.165, 1.54) is 6.42 Å². The second-order valence-electron chi connectivity index (χ2n) is 7.84. The number of amides is 1. The number of methoxy groups -OCH3 is 1. The average Bonchev–Trinajstić information content (AvgIpc) is 3.06. The van der Waals surface area contributed by atoms with Crippen molar-refractivity contribution in [3.63, 3.8) is 0 Å². The van der Waals surface area contributed by atoms with Gasteiger partial charge < -0.3 is 15.0 Å². The van der Waals surface area contributed by atoms with Crippen molar-refractivity contribution < 1.29 is 9.53 Å². The Kier molecular flexibility index (Phi) is 4.74. The second kappa shape index (κ2) is 7.05. The number of pyridine rings is 1. The molecule has 0 aromatic carbocycles. The molecule has 0 spiro atoms. The Balaban J connectivity index is 1.64. The van der Waals surface area contributed by atoms with Crippen molar-refractivity contribution in [1.29, 1.82) is 0 Å². The summed E-state index contributed by atoms with van der Waals surface area (Å²) < 4.78 is 8.23. The Hall–Kier alpha value is -2.25. The van der Waals surface area contributed by atoms with Crippen LogP contribution in [0.15, 0.2) is 30.9 Å². The fourth-order valence-corrected chi connectivity index (χ4v) is 5.16. The van der Waals surface area contributed by atoms with E-state index in [9.17, 15) is 4.79 Å². The number of imidazole rings is 1. The topological polar surface area (TPSA) is 86.3 Å². The van der Waals surface area contributed by atoms with E-state index in [-0.39, 0.29) is 5.60 Å². The number of likely N-dealkylation sites (tertiary alicyclic amines) is 1. The highest BCUT2D eigenvalue weighted by Gasteiger charge is 2.53. The smallest absolute Gasteiger partial charge is 0.267 e. The lowest BCUT2D eigenvalue weighted by Crippen LogP contribution is -2.58. The fourth-order valence-electron chi connectivity index (χ4n) is 5.16. The normalized spacial score (nSPS) is 28.2. The van der Waals surface area contributed by atoms with Crippen molar-refractivity contribution in [3.8, 4) is 0 Å². The van der Waals surface area contributed by atoms with Crippen LogP contribution in [0.25, 0.3) is 0 Å². The molecule has 27 heavy (non-hydrogen) atoms. The molecule has 1 aliphatic heterocycles. The van der Waals surface area contributed by atoms with Crippen LogP contribution >= 0.6 is 0 Å². The lowest BCUT2D eigenvalue weighted by Gasteiger charge is -2.55. The zero-order chi connectivity index (χ0) is 19.0. The zero-order valence-electron chi connectivity index (χ0n) is 16.0. The standard InChI is InChI=1S/C20H27N5O2/c1-24-11-17(23-13-24)12-25-9-15-4-3-5-16(10-25)20(15,27-2)14-6-7-22-18(8-14)19(21)26/h6-8,11,13,15-16H,3-5,9-10,12H2,1-2H3,(H2,21,26). The highest BCUT2D eigenvalue weighted by molar-refractivity contribution is 5.90. The van der Waals surface area contributed by atoms with Crippen LogP contribution in [0.1, 0.15) is 41.0 Å². The summed E-state index contributed by atoms with van der Waals surface area (Å²) in [6.45, 7) is 2.76. The number of nitrogens with zero attached hydrogens (tertiary/aromatic N) is 4. The first-order valence-corrected chi connectivity index (χ1v) is 9.53. The number of primary amides is 1. The predicted octanol–water partition coefficient (Wildman–Crippen LogP) is 1.69. The summed E-state index contributed by atoms with van der Waals surface area (Å²) in [4.78, 5) is 22.7. The quantitative estimate of drug-likeness (QED) is 0.867. The molecule has 7 heteroatoms. The number of hydrogen-bond acceptors (Lipinski definition) is 5. The van der Waals surface area contributed by atoms with Crippen molar-refractivity contribution >= 4 is 5.91 Å². The molecule has 1 saturated heterocycles. The molecular weight excluding hydrogens is 342 g/mol. The summed E-state index contributed by atoms with van der Waals surface area (Å²) in [5.41, 5.74) is 7.51. The van der Waals surface area contributed by atoms with Crippen LogP contribution in [0.4, 0.5) is 0 Å². The van der Waals surface area contributed by atoms with Crippen molar-refractivity contribution in [2.75, 3.05) is 20.2 Å². The van der Waals surface area contributed by atoms with Crippen LogP contribution in [0, 0.1) is 11.8 Å². The Labute approximate surface area is 159 Å². The molecule has 2 fully saturated rings. The van der Waals surface area contributed by atoms with Gasteiger partial charge in [0.15, 0.2) is 0 Å². The minimum absolute atomic E-state index is 0.304. The number of rotatable bonds is 5. The minimum Gasteiger partial charge on any atom is -0.373 e. The van der Waals surface area contributed by atoms with Gasteiger partial charge in [-0.15, -0.1) is 0 Å². The summed E-state index contributed by atoms with van der Waals surface area (Å²) in [5.74, 6) is 0.226. The molecule has 144 valence electrons. The van der Waals surface area contributed by atoms with Crippen molar-refractivity contribution in [2.45, 2.75) is 31.4 Å². The van der Waals surface area contributed by atoms with Gasteiger partial charge in [0.2, 0.25) is 0 Å². The molecule has 2 aliphatic rings. The molecule has 1 amide bonds. The number of nitrogens with two attached hydrogens (primary N) is 1. The van der Waals surface area contributed by atoms with Gasteiger partial charge in [0.05, 0.1) is 12.0 Å². The van der Waals surface area contributed by atoms with Gasteiger partial charge in [-0.25, -0.2) is 4.98 Å². The van der Waals surface area contributed by atoms with E-state index < -0.39 is 5.91 Å². The zero-order valence-corrected chi connectivity index (χ0v) is 16.0. The third-order valence-electron chi connectivity index (χ3n) is 6.22. The first-order chi connectivity index (χ1) is 13.0. The van der Waals surface area contributed by atoms with Gasteiger partial charge in [0.1, 0.15) is 11.3 Å². The van der Waals surface area contributed by atoms with Gasteiger partial charge in [0, 0.05) is 58.0 Å². The minimum atomic E-state index is -0.499. The van der Waals surface area contributed by atoms with Crippen LogP contribution in [0.5, 0.6) is 0 Å². The molecule has 4 rings (SSSR count). The summed E-state index contributed by atoms with van der Waals surface area (Å²) in [6.07, 6.45) is 9.03. The molecule has 2 unspecified atom stereocenters. The van der Waals surface area contributed by atoms with E-state index in [4.69, 9.17) is 10.5 Å². The summed E-state index contributed by atoms with van der Waals surface area (Å²) in [5, 5.41) is 0. The summed E-state index contributed by atoms with van der Waals surface area (Å²) >= 11 is 0. The van der Waals surface area contributed by atoms with Crippen molar-refractivity contribution in [3.05, 3.63) is 47.8 Å². The number of hydrogen-bond donors (Lipinski definition) is 1. The molecule has 7 nitrogen and oxygen atoms in total. The molecule has 0 radical (unpaired) electrons. The summed E-state index contributed by atoms with van der Waals surface area (Å²) in [6, 6.07) is 3.81. The number of aryl methyl sites for hydroxylation is 1. The molecule has 3 heterocycles. The van der Waals surface area contributed by atoms with E-state index >= 15 is 0 Å². The first-order valence-electron chi connectivity index (χ1n) is 9.53. The van der Waals surface area contributed by atoms with E-state index in [1.807, 2.05) is 30.1 Å². The monoisotopic (exact) mass is 369 g/mol. The van der Waals surface area contributed by atoms with Gasteiger partial charge in [0.25, 0.3) is 5.91 Å². The maximum absolute atomic E-state index is 11.6. The number of aromatic nitrogens is 3. The van der Waals surface area contributed by atoms with E-state index in [2.05, 4.69) is 21.1 Å². The van der Waals surface area contributed by atoms with Crippen molar-refractivity contribution in [1.82, 2.24) is 19.4 Å². The third-order valence-corrected chi connectivity index (χ3v) is 6.22. The van der Waals surface area contributed by atoms with Crippen LogP contribution in [0.3, 0.4) is 0 Å². The van der Waals surface area contributed by atoms with Crippen LogP contribution in [-0.2, 0) is 23.9 Å². The highest BCUT2D eigenvalue weighted by atomic mass is 16.5. The number of piperidine rings is 1. The number of ether oxygens (including phenoxy) is 1. The number of carbonyl (C=O) groups excluding carboxylic acids is 1. The fraction of sp³-hybridized carbons (Fsp3) is 0.550. The molecule has 2 aromatic rings. The van der Waals surface area contributed by atoms with Crippen LogP contribution in [-0.4, -0.2) is 45.5 Å². The van der Waals surface area contributed by atoms with E-state index in [0.29, 0.717) is 17.5 Å². The summed E-state index contributed by atoms with van der Waals surface area (Å²) in [7, 11) is 3.79. The number of carbonyl (C=O) groups is 1. The first kappa shape index (κ1) is 18.1. The maximum atomic E-state index is 11.6. The molecule has 1 aliphatic carbocycles. The molecule has 2 N–H and O–H groups in total.